The van der Waals surface area contributed by atoms with E-state index in [0.29, 0.717) is 12.5 Å². The largest absolute Gasteiger partial charge is 0.463 e. The molecule has 0 saturated heterocycles. The Balaban J connectivity index is 4.17. The van der Waals surface area contributed by atoms with E-state index in [1.807, 2.05) is 13.8 Å². The van der Waals surface area contributed by atoms with Crippen LogP contribution in [0.2, 0.25) is 0 Å². The number of allylic oxidation sites excluding steroid dienone is 3. The van der Waals surface area contributed by atoms with E-state index in [1.54, 1.807) is 6.08 Å². The standard InChI is InChI=1S/C19H34O2/c1-7-15(3)10-9-11-16(4)12-13-17(5)18(6)14-19(20)21-8-2/h13-16H,7-12H2,1-6H3/b17-13+,18-14+. The molecular weight excluding hydrogens is 260 g/mol. The van der Waals surface area contributed by atoms with Crippen molar-refractivity contribution in [1.29, 1.82) is 0 Å². The SMILES string of the molecule is CCOC(=O)/C=C(C)/C(C)=C/CC(C)CCCC(C)CC. The molecule has 0 N–H and O–H groups in total. The Morgan fingerprint density at radius 1 is 1.05 bits per heavy atom. The van der Waals surface area contributed by atoms with Gasteiger partial charge in [0.25, 0.3) is 0 Å². The summed E-state index contributed by atoms with van der Waals surface area (Å²) in [5.41, 5.74) is 2.18. The maximum Gasteiger partial charge on any atom is 0.331 e. The lowest BCUT2D eigenvalue weighted by Gasteiger charge is -2.12. The molecule has 0 bridgehead atoms. The van der Waals surface area contributed by atoms with Crippen LogP contribution in [0.25, 0.3) is 0 Å². The summed E-state index contributed by atoms with van der Waals surface area (Å²) in [6.07, 6.45) is 10.1. The molecule has 2 atom stereocenters. The fourth-order valence-corrected chi connectivity index (χ4v) is 2.15. The summed E-state index contributed by atoms with van der Waals surface area (Å²) < 4.78 is 4.93. The van der Waals surface area contributed by atoms with Crippen molar-refractivity contribution in [3.63, 3.8) is 0 Å². The van der Waals surface area contributed by atoms with Crippen molar-refractivity contribution in [2.75, 3.05) is 6.61 Å². The van der Waals surface area contributed by atoms with Crippen molar-refractivity contribution in [1.82, 2.24) is 0 Å². The van der Waals surface area contributed by atoms with Gasteiger partial charge in [0.2, 0.25) is 0 Å². The number of hydrogen-bond acceptors (Lipinski definition) is 2. The lowest BCUT2D eigenvalue weighted by molar-refractivity contribution is -0.137. The van der Waals surface area contributed by atoms with Crippen molar-refractivity contribution in [3.05, 3.63) is 23.3 Å². The molecule has 0 aliphatic heterocycles. The molecule has 0 radical (unpaired) electrons. The molecule has 0 fully saturated rings. The van der Waals surface area contributed by atoms with Crippen molar-refractivity contribution in [2.24, 2.45) is 11.8 Å². The van der Waals surface area contributed by atoms with Crippen LogP contribution in [0.5, 0.6) is 0 Å². The smallest absolute Gasteiger partial charge is 0.331 e. The fourth-order valence-electron chi connectivity index (χ4n) is 2.15. The zero-order chi connectivity index (χ0) is 16.3. The van der Waals surface area contributed by atoms with E-state index in [-0.39, 0.29) is 5.97 Å². The van der Waals surface area contributed by atoms with E-state index in [0.717, 1.165) is 17.9 Å². The van der Waals surface area contributed by atoms with Gasteiger partial charge in [-0.25, -0.2) is 4.79 Å². The van der Waals surface area contributed by atoms with Gasteiger partial charge in [-0.15, -0.1) is 0 Å². The number of carbonyl (C=O) groups is 1. The van der Waals surface area contributed by atoms with Gasteiger partial charge in [-0.05, 0) is 44.6 Å². The predicted octanol–water partition coefficient (Wildman–Crippen LogP) is 5.68. The second-order valence-corrected chi connectivity index (χ2v) is 6.25. The van der Waals surface area contributed by atoms with Gasteiger partial charge >= 0.3 is 5.97 Å². The first-order valence-corrected chi connectivity index (χ1v) is 8.42. The maximum atomic E-state index is 11.4. The van der Waals surface area contributed by atoms with Gasteiger partial charge in [0, 0.05) is 6.08 Å². The van der Waals surface area contributed by atoms with E-state index < -0.39 is 0 Å². The van der Waals surface area contributed by atoms with E-state index in [2.05, 4.69) is 33.8 Å². The van der Waals surface area contributed by atoms with Crippen LogP contribution in [-0.2, 0) is 9.53 Å². The van der Waals surface area contributed by atoms with Crippen LogP contribution in [0.3, 0.4) is 0 Å². The van der Waals surface area contributed by atoms with Crippen molar-refractivity contribution in [3.8, 4) is 0 Å². The van der Waals surface area contributed by atoms with Crippen LogP contribution < -0.4 is 0 Å². The van der Waals surface area contributed by atoms with Gasteiger partial charge in [0.15, 0.2) is 0 Å². The van der Waals surface area contributed by atoms with Crippen LogP contribution >= 0.6 is 0 Å². The number of carbonyl (C=O) groups excluding carboxylic acids is 1. The van der Waals surface area contributed by atoms with E-state index in [9.17, 15) is 4.79 Å². The molecule has 122 valence electrons. The Morgan fingerprint density at radius 3 is 2.24 bits per heavy atom. The highest BCUT2D eigenvalue weighted by Crippen LogP contribution is 2.19. The summed E-state index contributed by atoms with van der Waals surface area (Å²) in [7, 11) is 0. The first-order valence-electron chi connectivity index (χ1n) is 8.42. The Hall–Kier alpha value is -1.05. The molecule has 0 heterocycles. The Kier molecular flexibility index (Phi) is 11.0. The lowest BCUT2D eigenvalue weighted by Crippen LogP contribution is -2.01. The number of ether oxygens (including phenoxy) is 1. The quantitative estimate of drug-likeness (QED) is 0.294. The topological polar surface area (TPSA) is 26.3 Å². The minimum Gasteiger partial charge on any atom is -0.463 e. The summed E-state index contributed by atoms with van der Waals surface area (Å²) >= 11 is 0. The molecule has 0 aromatic carbocycles. The molecule has 0 aliphatic carbocycles. The van der Waals surface area contributed by atoms with Crippen molar-refractivity contribution in [2.45, 2.75) is 73.6 Å². The second-order valence-electron chi connectivity index (χ2n) is 6.25. The normalized spacial score (nSPS) is 15.7. The van der Waals surface area contributed by atoms with Crippen LogP contribution in [-0.4, -0.2) is 12.6 Å². The zero-order valence-corrected chi connectivity index (χ0v) is 14.9. The third-order valence-corrected chi connectivity index (χ3v) is 4.16. The Bertz CT molecular complexity index is 353. The number of rotatable bonds is 10. The second kappa shape index (κ2) is 11.6. The number of hydrogen-bond donors (Lipinski definition) is 0. The van der Waals surface area contributed by atoms with E-state index in [1.165, 1.54) is 31.3 Å². The third-order valence-electron chi connectivity index (χ3n) is 4.16. The van der Waals surface area contributed by atoms with Gasteiger partial charge in [0.05, 0.1) is 6.61 Å². The minimum atomic E-state index is -0.246. The van der Waals surface area contributed by atoms with Crippen LogP contribution in [0, 0.1) is 11.8 Å². The molecule has 0 aromatic heterocycles. The average molecular weight is 294 g/mol. The first kappa shape index (κ1) is 19.9. The van der Waals surface area contributed by atoms with Gasteiger partial charge in [-0.2, -0.15) is 0 Å². The zero-order valence-electron chi connectivity index (χ0n) is 14.9. The fraction of sp³-hybridized carbons (Fsp3) is 0.737. The first-order chi connectivity index (χ1) is 9.90. The van der Waals surface area contributed by atoms with Crippen LogP contribution in [0.4, 0.5) is 0 Å². The summed E-state index contributed by atoms with van der Waals surface area (Å²) in [6, 6.07) is 0. The highest BCUT2D eigenvalue weighted by molar-refractivity contribution is 5.83. The molecule has 0 aliphatic rings. The Morgan fingerprint density at radius 2 is 1.67 bits per heavy atom. The monoisotopic (exact) mass is 294 g/mol. The molecule has 0 aromatic rings. The third kappa shape index (κ3) is 10.3. The Labute approximate surface area is 131 Å². The molecule has 0 spiro atoms. The minimum absolute atomic E-state index is 0.246. The highest BCUT2D eigenvalue weighted by atomic mass is 16.5. The summed E-state index contributed by atoms with van der Waals surface area (Å²) in [4.78, 5) is 11.4. The van der Waals surface area contributed by atoms with Crippen LogP contribution in [0.1, 0.15) is 73.6 Å². The highest BCUT2D eigenvalue weighted by Gasteiger charge is 2.04. The molecule has 0 rings (SSSR count). The maximum absolute atomic E-state index is 11.4. The molecule has 2 nitrogen and oxygen atoms in total. The average Bonchev–Trinajstić information content (AvgIpc) is 2.44. The van der Waals surface area contributed by atoms with Gasteiger partial charge in [-0.3, -0.25) is 0 Å². The molecule has 0 amide bonds. The summed E-state index contributed by atoms with van der Waals surface area (Å²) in [6.45, 7) is 13.2. The molecule has 2 heteroatoms. The lowest BCUT2D eigenvalue weighted by atomic mass is 9.94. The van der Waals surface area contributed by atoms with E-state index in [4.69, 9.17) is 4.74 Å². The predicted molar refractivity (Wildman–Crippen MR) is 91.2 cm³/mol. The van der Waals surface area contributed by atoms with Gasteiger partial charge in [-0.1, -0.05) is 58.1 Å². The van der Waals surface area contributed by atoms with E-state index >= 15 is 0 Å². The summed E-state index contributed by atoms with van der Waals surface area (Å²) in [5.74, 6) is 1.31. The molecule has 21 heavy (non-hydrogen) atoms. The number of esters is 1. The summed E-state index contributed by atoms with van der Waals surface area (Å²) in [5, 5.41) is 0. The van der Waals surface area contributed by atoms with Gasteiger partial charge < -0.3 is 4.74 Å². The molecular formula is C19H34O2. The van der Waals surface area contributed by atoms with Gasteiger partial charge in [0.1, 0.15) is 0 Å². The van der Waals surface area contributed by atoms with Crippen LogP contribution in [0.15, 0.2) is 23.3 Å². The molecule has 0 saturated carbocycles. The molecule has 2 unspecified atom stereocenters. The van der Waals surface area contributed by atoms with Crippen molar-refractivity contribution >= 4 is 5.97 Å². The van der Waals surface area contributed by atoms with Crippen molar-refractivity contribution < 1.29 is 9.53 Å².